The molecule has 0 amide bonds. The average Bonchev–Trinajstić information content (AvgIpc) is 2.64. The molecule has 0 spiro atoms. The number of carbonyl (C=O) groups excluding carboxylic acids is 1. The fraction of sp³-hybridized carbons (Fsp3) is 0.174. The van der Waals surface area contributed by atoms with E-state index in [9.17, 15) is 4.79 Å². The van der Waals surface area contributed by atoms with Crippen LogP contribution in [0.4, 0.5) is 5.69 Å². The molecule has 1 aliphatic heterocycles. The Morgan fingerprint density at radius 1 is 0.720 bits per heavy atom. The third-order valence-electron chi connectivity index (χ3n) is 5.27. The van der Waals surface area contributed by atoms with Crippen molar-refractivity contribution in [1.29, 1.82) is 0 Å². The molecule has 1 heterocycles. The number of piperidine rings is 1. The molecule has 4 aromatic rings. The maximum absolute atomic E-state index is 11.9. The predicted octanol–water partition coefficient (Wildman–Crippen LogP) is 5.32. The minimum absolute atomic E-state index is 0.343. The Morgan fingerprint density at radius 2 is 1.40 bits per heavy atom. The Labute approximate surface area is 146 Å². The number of hydrogen-bond acceptors (Lipinski definition) is 2. The van der Waals surface area contributed by atoms with Gasteiger partial charge in [-0.3, -0.25) is 4.79 Å². The lowest BCUT2D eigenvalue weighted by atomic mass is 9.98. The van der Waals surface area contributed by atoms with Gasteiger partial charge in [-0.15, -0.1) is 0 Å². The number of nitrogens with zero attached hydrogens (tertiary/aromatic N) is 1. The van der Waals surface area contributed by atoms with Gasteiger partial charge in [0.05, 0.1) is 6.54 Å². The highest BCUT2D eigenvalue weighted by Crippen LogP contribution is 2.33. The molecule has 1 saturated heterocycles. The Morgan fingerprint density at radius 3 is 2.16 bits per heavy atom. The second kappa shape index (κ2) is 5.59. The van der Waals surface area contributed by atoms with Crippen molar-refractivity contribution in [3.63, 3.8) is 0 Å². The van der Waals surface area contributed by atoms with E-state index in [1.807, 2.05) is 0 Å². The van der Waals surface area contributed by atoms with Crippen LogP contribution in [0.25, 0.3) is 32.3 Å². The molecule has 0 unspecified atom stereocenters. The maximum atomic E-state index is 11.9. The van der Waals surface area contributed by atoms with Gasteiger partial charge < -0.3 is 4.90 Å². The largest absolute Gasteiger partial charge is 0.364 e. The molecule has 1 aliphatic rings. The number of fused-ring (bicyclic) bond motifs is 3. The second-order valence-corrected chi connectivity index (χ2v) is 6.96. The molecular weight excluding hydrogens is 306 g/mol. The van der Waals surface area contributed by atoms with Crippen molar-refractivity contribution < 1.29 is 4.79 Å². The van der Waals surface area contributed by atoms with Gasteiger partial charge in [0.1, 0.15) is 0 Å². The van der Waals surface area contributed by atoms with E-state index < -0.39 is 0 Å². The van der Waals surface area contributed by atoms with Crippen LogP contribution in [0.1, 0.15) is 12.8 Å². The van der Waals surface area contributed by atoms with E-state index >= 15 is 0 Å². The van der Waals surface area contributed by atoms with Crippen LogP contribution in [-0.4, -0.2) is 18.9 Å². The Hall–Kier alpha value is -2.87. The third-order valence-corrected chi connectivity index (χ3v) is 5.27. The lowest BCUT2D eigenvalue weighted by molar-refractivity contribution is -0.118. The first-order valence-corrected chi connectivity index (χ1v) is 8.90. The average molecular weight is 325 g/mol. The van der Waals surface area contributed by atoms with Gasteiger partial charge in [0, 0.05) is 24.0 Å². The molecule has 0 bridgehead atoms. The fourth-order valence-electron chi connectivity index (χ4n) is 4.02. The van der Waals surface area contributed by atoms with Crippen molar-refractivity contribution >= 4 is 43.8 Å². The SMILES string of the molecule is O=C1CCCN(c2cccc3cc4cc5ccccc5cc4cc23)C1. The van der Waals surface area contributed by atoms with Crippen LogP contribution >= 0.6 is 0 Å². The summed E-state index contributed by atoms with van der Waals surface area (Å²) < 4.78 is 0. The van der Waals surface area contributed by atoms with Crippen molar-refractivity contribution in [1.82, 2.24) is 0 Å². The minimum atomic E-state index is 0.343. The third kappa shape index (κ3) is 2.45. The van der Waals surface area contributed by atoms with Crippen LogP contribution in [0.15, 0.2) is 66.7 Å². The van der Waals surface area contributed by atoms with E-state index in [0.717, 1.165) is 19.4 Å². The van der Waals surface area contributed by atoms with Crippen LogP contribution in [0, 0.1) is 0 Å². The van der Waals surface area contributed by atoms with Crippen LogP contribution in [0.2, 0.25) is 0 Å². The molecule has 0 atom stereocenters. The van der Waals surface area contributed by atoms with Crippen molar-refractivity contribution in [2.45, 2.75) is 12.8 Å². The first-order valence-electron chi connectivity index (χ1n) is 8.90. The molecule has 122 valence electrons. The first kappa shape index (κ1) is 14.5. The van der Waals surface area contributed by atoms with E-state index in [-0.39, 0.29) is 0 Å². The summed E-state index contributed by atoms with van der Waals surface area (Å²) in [6, 6.07) is 24.0. The Kier molecular flexibility index (Phi) is 3.24. The smallest absolute Gasteiger partial charge is 0.152 e. The quantitative estimate of drug-likeness (QED) is 0.442. The number of Topliss-reactive ketones (excluding diaryl/α,β-unsaturated/α-hetero) is 1. The van der Waals surface area contributed by atoms with E-state index in [2.05, 4.69) is 71.6 Å². The summed E-state index contributed by atoms with van der Waals surface area (Å²) >= 11 is 0. The summed E-state index contributed by atoms with van der Waals surface area (Å²) in [7, 11) is 0. The lowest BCUT2D eigenvalue weighted by Crippen LogP contribution is -2.35. The van der Waals surface area contributed by atoms with Gasteiger partial charge in [0.2, 0.25) is 0 Å². The maximum Gasteiger partial charge on any atom is 0.152 e. The number of rotatable bonds is 1. The highest BCUT2D eigenvalue weighted by atomic mass is 16.1. The van der Waals surface area contributed by atoms with E-state index in [1.165, 1.54) is 38.0 Å². The minimum Gasteiger partial charge on any atom is -0.364 e. The topological polar surface area (TPSA) is 20.3 Å². The molecule has 0 aromatic heterocycles. The molecule has 25 heavy (non-hydrogen) atoms. The number of ketones is 1. The van der Waals surface area contributed by atoms with E-state index in [0.29, 0.717) is 12.3 Å². The zero-order chi connectivity index (χ0) is 16.8. The predicted molar refractivity (Wildman–Crippen MR) is 105 cm³/mol. The zero-order valence-electron chi connectivity index (χ0n) is 14.0. The van der Waals surface area contributed by atoms with Crippen molar-refractivity contribution in [2.24, 2.45) is 0 Å². The molecular formula is C23H19NO. The number of hydrogen-bond donors (Lipinski definition) is 0. The van der Waals surface area contributed by atoms with Crippen LogP contribution in [0.5, 0.6) is 0 Å². The van der Waals surface area contributed by atoms with Crippen molar-refractivity contribution in [3.8, 4) is 0 Å². The molecule has 0 N–H and O–H groups in total. The summed E-state index contributed by atoms with van der Waals surface area (Å²) in [4.78, 5) is 14.1. The highest BCUT2D eigenvalue weighted by Gasteiger charge is 2.18. The van der Waals surface area contributed by atoms with Gasteiger partial charge >= 0.3 is 0 Å². The molecule has 1 fully saturated rings. The highest BCUT2D eigenvalue weighted by molar-refractivity contribution is 6.08. The summed E-state index contributed by atoms with van der Waals surface area (Å²) in [5, 5.41) is 7.52. The van der Waals surface area contributed by atoms with Gasteiger partial charge in [-0.05, 0) is 63.7 Å². The molecule has 4 aromatic carbocycles. The van der Waals surface area contributed by atoms with E-state index in [4.69, 9.17) is 0 Å². The lowest BCUT2D eigenvalue weighted by Gasteiger charge is -2.29. The molecule has 5 rings (SSSR count). The number of benzene rings is 4. The normalized spacial score (nSPS) is 15.4. The molecule has 0 radical (unpaired) electrons. The Bertz CT molecular complexity index is 1130. The van der Waals surface area contributed by atoms with Gasteiger partial charge in [-0.1, -0.05) is 36.4 Å². The van der Waals surface area contributed by atoms with Gasteiger partial charge in [0.25, 0.3) is 0 Å². The molecule has 0 aliphatic carbocycles. The van der Waals surface area contributed by atoms with Gasteiger partial charge in [-0.25, -0.2) is 0 Å². The molecule has 2 heteroatoms. The second-order valence-electron chi connectivity index (χ2n) is 6.96. The first-order chi connectivity index (χ1) is 12.3. The van der Waals surface area contributed by atoms with Crippen LogP contribution in [-0.2, 0) is 4.79 Å². The van der Waals surface area contributed by atoms with Crippen molar-refractivity contribution in [2.75, 3.05) is 18.0 Å². The summed E-state index contributed by atoms with van der Waals surface area (Å²) in [6.07, 6.45) is 1.67. The van der Waals surface area contributed by atoms with E-state index in [1.54, 1.807) is 0 Å². The summed E-state index contributed by atoms with van der Waals surface area (Å²) in [6.45, 7) is 1.50. The Balaban J connectivity index is 1.75. The standard InChI is InChI=1S/C23H19NO/c25-21-8-4-10-24(15-21)23-9-3-7-18-13-19-11-16-5-1-2-6-17(16)12-20(19)14-22(18)23/h1-3,5-7,9,11-14H,4,8,10,15H2. The zero-order valence-corrected chi connectivity index (χ0v) is 14.0. The van der Waals surface area contributed by atoms with Crippen molar-refractivity contribution in [3.05, 3.63) is 66.7 Å². The van der Waals surface area contributed by atoms with Crippen LogP contribution < -0.4 is 4.90 Å². The van der Waals surface area contributed by atoms with Gasteiger partial charge in [0.15, 0.2) is 5.78 Å². The number of carbonyl (C=O) groups is 1. The fourth-order valence-corrected chi connectivity index (χ4v) is 4.02. The van der Waals surface area contributed by atoms with Crippen LogP contribution in [0.3, 0.4) is 0 Å². The molecule has 0 saturated carbocycles. The molecule has 2 nitrogen and oxygen atoms in total. The summed E-state index contributed by atoms with van der Waals surface area (Å²) in [5.41, 5.74) is 1.18. The monoisotopic (exact) mass is 325 g/mol. The number of anilines is 1. The van der Waals surface area contributed by atoms with Gasteiger partial charge in [-0.2, -0.15) is 0 Å². The summed E-state index contributed by atoms with van der Waals surface area (Å²) in [5.74, 6) is 0.343.